The number of methoxy groups -OCH3 is 1. The van der Waals surface area contributed by atoms with E-state index in [0.717, 1.165) is 0 Å². The number of aromatic hydroxyl groups is 1. The molecule has 0 amide bonds. The lowest BCUT2D eigenvalue weighted by molar-refractivity contribution is 0.0600. The summed E-state index contributed by atoms with van der Waals surface area (Å²) < 4.78 is 10.2. The highest BCUT2D eigenvalue weighted by Gasteiger charge is 2.42. The van der Waals surface area contributed by atoms with Crippen LogP contribution < -0.4 is 4.74 Å². The van der Waals surface area contributed by atoms with E-state index in [4.69, 9.17) is 4.74 Å². The van der Waals surface area contributed by atoms with Crippen LogP contribution in [0.5, 0.6) is 11.5 Å². The first-order valence-electron chi connectivity index (χ1n) is 5.14. The van der Waals surface area contributed by atoms with E-state index in [-0.39, 0.29) is 21.7 Å². The minimum Gasteiger partial charge on any atom is -0.507 e. The fourth-order valence-electron chi connectivity index (χ4n) is 1.95. The first kappa shape index (κ1) is 12.2. The summed E-state index contributed by atoms with van der Waals surface area (Å²) in [5.41, 5.74) is 0.627. The molecule has 0 saturated carbocycles. The van der Waals surface area contributed by atoms with Gasteiger partial charge in [-0.05, 0) is 28.1 Å². The highest BCUT2D eigenvalue weighted by molar-refractivity contribution is 9.09. The number of carbonyl (C=O) groups is 1. The molecule has 1 N–H and O–H groups in total. The van der Waals surface area contributed by atoms with Gasteiger partial charge in [-0.25, -0.2) is 4.79 Å². The van der Waals surface area contributed by atoms with Gasteiger partial charge in [-0.15, -0.1) is 0 Å². The molecular weight excluding hydrogens is 288 g/mol. The number of carbonyl (C=O) groups excluding carboxylic acids is 1. The fourth-order valence-corrected chi connectivity index (χ4v) is 2.38. The third-order valence-corrected chi connectivity index (χ3v) is 4.28. The van der Waals surface area contributed by atoms with E-state index in [2.05, 4.69) is 20.7 Å². The van der Waals surface area contributed by atoms with Gasteiger partial charge in [0.25, 0.3) is 0 Å². The average molecular weight is 301 g/mol. The maximum Gasteiger partial charge on any atom is 0.338 e. The Morgan fingerprint density at radius 1 is 1.53 bits per heavy atom. The summed E-state index contributed by atoms with van der Waals surface area (Å²) in [6.45, 7) is 3.91. The average Bonchev–Trinajstić information content (AvgIpc) is 2.48. The molecule has 1 aliphatic heterocycles. The van der Waals surface area contributed by atoms with Crippen molar-refractivity contribution in [3.8, 4) is 11.5 Å². The number of alkyl halides is 1. The van der Waals surface area contributed by atoms with E-state index < -0.39 is 5.97 Å². The van der Waals surface area contributed by atoms with Gasteiger partial charge in [0, 0.05) is 11.0 Å². The van der Waals surface area contributed by atoms with Gasteiger partial charge in [0.05, 0.1) is 12.7 Å². The van der Waals surface area contributed by atoms with Crippen LogP contribution in [0.4, 0.5) is 0 Å². The fraction of sp³-hybridized carbons (Fsp3) is 0.417. The zero-order valence-electron chi connectivity index (χ0n) is 9.78. The molecule has 1 unspecified atom stereocenters. The molecule has 0 spiro atoms. The number of hydrogen-bond donors (Lipinski definition) is 1. The van der Waals surface area contributed by atoms with E-state index in [9.17, 15) is 9.90 Å². The number of halogens is 1. The SMILES string of the molecule is COC(=O)c1cc(O)c2c(c1)OC(Br)C2(C)C. The Hall–Kier alpha value is -1.23. The minimum atomic E-state index is -0.498. The van der Waals surface area contributed by atoms with Crippen LogP contribution in [0.15, 0.2) is 12.1 Å². The Kier molecular flexibility index (Phi) is 2.81. The normalized spacial score (nSPS) is 20.6. The molecular formula is C12H13BrO4. The van der Waals surface area contributed by atoms with Gasteiger partial charge in [0.15, 0.2) is 5.01 Å². The Labute approximate surface area is 108 Å². The lowest BCUT2D eigenvalue weighted by atomic mass is 9.85. The predicted octanol–water partition coefficient (Wildman–Crippen LogP) is 2.57. The Morgan fingerprint density at radius 3 is 2.76 bits per heavy atom. The summed E-state index contributed by atoms with van der Waals surface area (Å²) in [6, 6.07) is 2.99. The first-order valence-corrected chi connectivity index (χ1v) is 6.06. The highest BCUT2D eigenvalue weighted by Crippen LogP contribution is 2.49. The van der Waals surface area contributed by atoms with Crippen molar-refractivity contribution in [2.24, 2.45) is 0 Å². The van der Waals surface area contributed by atoms with Crippen molar-refractivity contribution < 1.29 is 19.4 Å². The van der Waals surface area contributed by atoms with E-state index in [1.807, 2.05) is 13.8 Å². The molecule has 1 atom stereocenters. The summed E-state index contributed by atoms with van der Waals surface area (Å²) in [7, 11) is 1.30. The lowest BCUT2D eigenvalue weighted by Gasteiger charge is -2.21. The summed E-state index contributed by atoms with van der Waals surface area (Å²) in [6.07, 6.45) is 0. The highest BCUT2D eigenvalue weighted by atomic mass is 79.9. The summed E-state index contributed by atoms with van der Waals surface area (Å²) in [4.78, 5) is 11.4. The Morgan fingerprint density at radius 2 is 2.18 bits per heavy atom. The van der Waals surface area contributed by atoms with E-state index in [1.54, 1.807) is 6.07 Å². The Bertz CT molecular complexity index is 482. The van der Waals surface area contributed by atoms with Gasteiger partial charge in [0.2, 0.25) is 0 Å². The maximum absolute atomic E-state index is 11.4. The molecule has 2 rings (SSSR count). The van der Waals surface area contributed by atoms with Crippen molar-refractivity contribution in [2.75, 3.05) is 7.11 Å². The Balaban J connectivity index is 2.56. The van der Waals surface area contributed by atoms with Crippen molar-refractivity contribution in [2.45, 2.75) is 24.3 Å². The zero-order valence-corrected chi connectivity index (χ0v) is 11.4. The molecule has 1 heterocycles. The number of rotatable bonds is 1. The molecule has 1 aromatic rings. The van der Waals surface area contributed by atoms with E-state index in [0.29, 0.717) is 11.3 Å². The van der Waals surface area contributed by atoms with Gasteiger partial charge in [0.1, 0.15) is 11.5 Å². The maximum atomic E-state index is 11.4. The molecule has 0 fully saturated rings. The molecule has 92 valence electrons. The van der Waals surface area contributed by atoms with Crippen LogP contribution in [-0.2, 0) is 10.2 Å². The number of hydrogen-bond acceptors (Lipinski definition) is 4. The van der Waals surface area contributed by atoms with Crippen molar-refractivity contribution in [1.29, 1.82) is 0 Å². The van der Waals surface area contributed by atoms with Gasteiger partial charge < -0.3 is 14.6 Å². The van der Waals surface area contributed by atoms with Crippen molar-refractivity contribution in [1.82, 2.24) is 0 Å². The number of fused-ring (bicyclic) bond motifs is 1. The molecule has 0 saturated heterocycles. The van der Waals surface area contributed by atoms with Gasteiger partial charge in [-0.2, -0.15) is 0 Å². The number of phenols is 1. The second-order valence-electron chi connectivity index (χ2n) is 4.52. The van der Waals surface area contributed by atoms with Crippen LogP contribution in [0, 0.1) is 0 Å². The van der Waals surface area contributed by atoms with E-state index >= 15 is 0 Å². The molecule has 5 heteroatoms. The number of benzene rings is 1. The van der Waals surface area contributed by atoms with Crippen LogP contribution in [0.3, 0.4) is 0 Å². The second kappa shape index (κ2) is 3.91. The largest absolute Gasteiger partial charge is 0.507 e. The van der Waals surface area contributed by atoms with Crippen LogP contribution in [0.2, 0.25) is 0 Å². The molecule has 0 aliphatic carbocycles. The summed E-state index contributed by atoms with van der Waals surface area (Å²) >= 11 is 3.40. The standard InChI is InChI=1S/C12H13BrO4/c1-12(2)9-7(14)4-6(10(15)16-3)5-8(9)17-11(12)13/h4-5,11,14H,1-3H3. The zero-order chi connectivity index (χ0) is 12.8. The minimum absolute atomic E-state index is 0.0508. The van der Waals surface area contributed by atoms with Gasteiger partial charge in [-0.1, -0.05) is 13.8 Å². The number of esters is 1. The number of phenolic OH excluding ortho intramolecular Hbond substituents is 1. The smallest absolute Gasteiger partial charge is 0.338 e. The number of ether oxygens (including phenoxy) is 2. The molecule has 1 aromatic carbocycles. The van der Waals surface area contributed by atoms with Crippen LogP contribution >= 0.6 is 15.9 Å². The molecule has 17 heavy (non-hydrogen) atoms. The topological polar surface area (TPSA) is 55.8 Å². The van der Waals surface area contributed by atoms with Crippen LogP contribution in [0.25, 0.3) is 0 Å². The quantitative estimate of drug-likeness (QED) is 0.640. The molecule has 4 nitrogen and oxygen atoms in total. The molecule has 1 aliphatic rings. The van der Waals surface area contributed by atoms with Crippen molar-refractivity contribution in [3.63, 3.8) is 0 Å². The van der Waals surface area contributed by atoms with Crippen LogP contribution in [0.1, 0.15) is 29.8 Å². The second-order valence-corrected chi connectivity index (χ2v) is 5.35. The first-order chi connectivity index (χ1) is 7.87. The lowest BCUT2D eigenvalue weighted by Crippen LogP contribution is -2.26. The third kappa shape index (κ3) is 1.78. The molecule has 0 bridgehead atoms. The van der Waals surface area contributed by atoms with E-state index in [1.165, 1.54) is 13.2 Å². The van der Waals surface area contributed by atoms with Gasteiger partial charge in [-0.3, -0.25) is 0 Å². The summed E-state index contributed by atoms with van der Waals surface area (Å²) in [5.74, 6) is 0.0645. The predicted molar refractivity (Wildman–Crippen MR) is 65.8 cm³/mol. The van der Waals surface area contributed by atoms with Crippen molar-refractivity contribution >= 4 is 21.9 Å². The monoisotopic (exact) mass is 300 g/mol. The third-order valence-electron chi connectivity index (χ3n) is 2.94. The molecule has 0 aromatic heterocycles. The van der Waals surface area contributed by atoms with Crippen molar-refractivity contribution in [3.05, 3.63) is 23.3 Å². The summed E-state index contributed by atoms with van der Waals surface area (Å²) in [5, 5.41) is 9.77. The molecule has 0 radical (unpaired) electrons. The van der Waals surface area contributed by atoms with Gasteiger partial charge >= 0.3 is 5.97 Å². The van der Waals surface area contributed by atoms with Crippen LogP contribution in [-0.4, -0.2) is 23.2 Å².